The highest BCUT2D eigenvalue weighted by atomic mass is 16.6. The second kappa shape index (κ2) is 10.8. The molecule has 3 aliphatic rings. The molecule has 1 aromatic heterocycles. The second-order valence-corrected chi connectivity index (χ2v) is 10.1. The summed E-state index contributed by atoms with van der Waals surface area (Å²) in [7, 11) is 0. The Morgan fingerprint density at radius 3 is 2.61 bits per heavy atom. The SMILES string of the molecule is C=NC[C@H]1CN(C(=O)OC2CCCCC2)c2cc(-c3cnn(C4CCNCC4)c3)ccc2N1C(C)=O. The zero-order valence-electron chi connectivity index (χ0n) is 21.1. The minimum atomic E-state index is -0.358. The third-order valence-electron chi connectivity index (χ3n) is 7.62. The number of nitrogens with one attached hydrogen (secondary N) is 1. The van der Waals surface area contributed by atoms with Gasteiger partial charge in [0.05, 0.1) is 42.7 Å². The lowest BCUT2D eigenvalue weighted by molar-refractivity contribution is -0.117. The average Bonchev–Trinajstić information content (AvgIpc) is 3.39. The summed E-state index contributed by atoms with van der Waals surface area (Å²) in [6, 6.07) is 5.99. The first-order valence-electron chi connectivity index (χ1n) is 13.1. The maximum absolute atomic E-state index is 13.4. The van der Waals surface area contributed by atoms with Crippen LogP contribution >= 0.6 is 0 Å². The van der Waals surface area contributed by atoms with E-state index >= 15 is 0 Å². The number of hydrogen-bond acceptors (Lipinski definition) is 6. The molecular weight excluding hydrogens is 456 g/mol. The van der Waals surface area contributed by atoms with Crippen LogP contribution in [0.2, 0.25) is 0 Å². The number of amides is 2. The number of piperidine rings is 1. The number of carbonyl (C=O) groups is 2. The highest BCUT2D eigenvalue weighted by Crippen LogP contribution is 2.40. The first-order valence-corrected chi connectivity index (χ1v) is 13.1. The van der Waals surface area contributed by atoms with Crippen LogP contribution in [0.3, 0.4) is 0 Å². The summed E-state index contributed by atoms with van der Waals surface area (Å²) in [5.41, 5.74) is 3.31. The summed E-state index contributed by atoms with van der Waals surface area (Å²) in [4.78, 5) is 33.6. The van der Waals surface area contributed by atoms with Crippen LogP contribution < -0.4 is 15.1 Å². The van der Waals surface area contributed by atoms with Crippen LogP contribution in [0.15, 0.2) is 35.6 Å². The number of aliphatic imine (C=N–C) groups is 1. The van der Waals surface area contributed by atoms with Gasteiger partial charge in [0.2, 0.25) is 5.91 Å². The zero-order valence-corrected chi connectivity index (χ0v) is 21.1. The van der Waals surface area contributed by atoms with Crippen molar-refractivity contribution in [2.24, 2.45) is 4.99 Å². The van der Waals surface area contributed by atoms with Gasteiger partial charge in [-0.2, -0.15) is 5.10 Å². The van der Waals surface area contributed by atoms with Crippen LogP contribution in [0.4, 0.5) is 16.2 Å². The Labute approximate surface area is 212 Å². The molecule has 3 heterocycles. The number of benzene rings is 1. The molecule has 2 fully saturated rings. The number of rotatable bonds is 5. The predicted octanol–water partition coefficient (Wildman–Crippen LogP) is 4.19. The number of fused-ring (bicyclic) bond motifs is 1. The highest BCUT2D eigenvalue weighted by Gasteiger charge is 2.37. The fourth-order valence-electron chi connectivity index (χ4n) is 5.75. The van der Waals surface area contributed by atoms with Crippen LogP contribution in [-0.2, 0) is 9.53 Å². The van der Waals surface area contributed by atoms with E-state index in [0.29, 0.717) is 30.5 Å². The number of anilines is 2. The van der Waals surface area contributed by atoms with Crippen molar-refractivity contribution in [3.8, 4) is 11.1 Å². The molecule has 1 saturated heterocycles. The molecule has 1 saturated carbocycles. The molecule has 9 heteroatoms. The van der Waals surface area contributed by atoms with E-state index in [4.69, 9.17) is 4.74 Å². The fourth-order valence-corrected chi connectivity index (χ4v) is 5.75. The van der Waals surface area contributed by atoms with Crippen LogP contribution in [0.1, 0.15) is 57.9 Å². The Bertz CT molecular complexity index is 1100. The predicted molar refractivity (Wildman–Crippen MR) is 141 cm³/mol. The fraction of sp³-hybridized carbons (Fsp3) is 0.556. The molecule has 0 unspecified atom stereocenters. The minimum absolute atomic E-state index is 0.0529. The van der Waals surface area contributed by atoms with Gasteiger partial charge in [0, 0.05) is 18.7 Å². The molecule has 1 aliphatic carbocycles. The summed E-state index contributed by atoms with van der Waals surface area (Å²) in [6.45, 7) is 7.83. The second-order valence-electron chi connectivity index (χ2n) is 10.1. The van der Waals surface area contributed by atoms with E-state index in [2.05, 4.69) is 33.0 Å². The summed E-state index contributed by atoms with van der Waals surface area (Å²) < 4.78 is 8.01. The highest BCUT2D eigenvalue weighted by molar-refractivity contribution is 6.03. The van der Waals surface area contributed by atoms with Crippen LogP contribution in [0.5, 0.6) is 0 Å². The molecule has 2 amide bonds. The summed E-state index contributed by atoms with van der Waals surface area (Å²) in [5.74, 6) is -0.0864. The third kappa shape index (κ3) is 5.02. The molecule has 9 nitrogen and oxygen atoms in total. The Hall–Kier alpha value is -3.20. The Kier molecular flexibility index (Phi) is 7.36. The smallest absolute Gasteiger partial charge is 0.414 e. The van der Waals surface area contributed by atoms with Gasteiger partial charge < -0.3 is 15.0 Å². The zero-order chi connectivity index (χ0) is 25.1. The van der Waals surface area contributed by atoms with Crippen LogP contribution in [0, 0.1) is 0 Å². The van der Waals surface area contributed by atoms with E-state index in [0.717, 1.165) is 62.7 Å². The Balaban J connectivity index is 1.48. The lowest BCUT2D eigenvalue weighted by Gasteiger charge is -2.41. The molecule has 0 bridgehead atoms. The summed E-state index contributed by atoms with van der Waals surface area (Å²) in [5, 5.41) is 8.03. The van der Waals surface area contributed by atoms with Crippen LogP contribution in [0.25, 0.3) is 11.1 Å². The Morgan fingerprint density at radius 1 is 1.11 bits per heavy atom. The van der Waals surface area contributed by atoms with Gasteiger partial charge in [-0.15, -0.1) is 0 Å². The number of aromatic nitrogens is 2. The summed E-state index contributed by atoms with van der Waals surface area (Å²) >= 11 is 0. The average molecular weight is 493 g/mol. The number of hydrogen-bond donors (Lipinski definition) is 1. The topological polar surface area (TPSA) is 92.1 Å². The molecular formula is C27H36N6O3. The van der Waals surface area contributed by atoms with Crippen molar-refractivity contribution in [3.05, 3.63) is 30.6 Å². The van der Waals surface area contributed by atoms with Crippen molar-refractivity contribution >= 4 is 30.1 Å². The lowest BCUT2D eigenvalue weighted by atomic mass is 9.98. The van der Waals surface area contributed by atoms with Gasteiger partial charge in [-0.05, 0) is 76.0 Å². The van der Waals surface area contributed by atoms with Crippen molar-refractivity contribution in [2.75, 3.05) is 36.0 Å². The largest absolute Gasteiger partial charge is 0.446 e. The van der Waals surface area contributed by atoms with Gasteiger partial charge >= 0.3 is 6.09 Å². The minimum Gasteiger partial charge on any atom is -0.446 e. The van der Waals surface area contributed by atoms with Gasteiger partial charge in [-0.1, -0.05) is 12.5 Å². The molecule has 1 atom stereocenters. The first kappa shape index (κ1) is 24.5. The van der Waals surface area contributed by atoms with E-state index in [1.807, 2.05) is 24.4 Å². The van der Waals surface area contributed by atoms with E-state index in [1.54, 1.807) is 16.7 Å². The van der Waals surface area contributed by atoms with Crippen molar-refractivity contribution in [2.45, 2.75) is 70.1 Å². The van der Waals surface area contributed by atoms with Crippen LogP contribution in [-0.4, -0.2) is 66.8 Å². The summed E-state index contributed by atoms with van der Waals surface area (Å²) in [6.07, 6.45) is 10.8. The standard InChI is InChI=1S/C27H36N6O3/c1-19(34)33-23(16-28-2)18-31(27(35)36-24-6-4-3-5-7-24)26-14-20(8-9-25(26)33)21-15-30-32(17-21)22-10-12-29-13-11-22/h8-9,14-15,17,22-24,29H,2-7,10-13,16,18H2,1H3/t23-/m0/s1. The molecule has 36 heavy (non-hydrogen) atoms. The van der Waals surface area contributed by atoms with Gasteiger partial charge in [0.25, 0.3) is 0 Å². The number of carbonyl (C=O) groups excluding carboxylic acids is 2. The molecule has 1 N–H and O–H groups in total. The van der Waals surface area contributed by atoms with E-state index in [-0.39, 0.29) is 24.1 Å². The molecule has 0 spiro atoms. The molecule has 5 rings (SSSR count). The van der Waals surface area contributed by atoms with Gasteiger partial charge in [-0.25, -0.2) is 4.79 Å². The van der Waals surface area contributed by atoms with E-state index < -0.39 is 0 Å². The third-order valence-corrected chi connectivity index (χ3v) is 7.62. The van der Waals surface area contributed by atoms with E-state index in [9.17, 15) is 9.59 Å². The van der Waals surface area contributed by atoms with Crippen molar-refractivity contribution in [1.82, 2.24) is 15.1 Å². The van der Waals surface area contributed by atoms with Crippen molar-refractivity contribution in [1.29, 1.82) is 0 Å². The lowest BCUT2D eigenvalue weighted by Crippen LogP contribution is -2.54. The quantitative estimate of drug-likeness (QED) is 0.632. The van der Waals surface area contributed by atoms with Gasteiger partial charge in [-0.3, -0.25) is 19.4 Å². The monoisotopic (exact) mass is 492 g/mol. The van der Waals surface area contributed by atoms with Gasteiger partial charge in [0.15, 0.2) is 0 Å². The van der Waals surface area contributed by atoms with Crippen molar-refractivity contribution < 1.29 is 14.3 Å². The normalized spacial score (nSPS) is 21.2. The van der Waals surface area contributed by atoms with E-state index in [1.165, 1.54) is 6.42 Å². The molecule has 1 aromatic carbocycles. The maximum Gasteiger partial charge on any atom is 0.414 e. The van der Waals surface area contributed by atoms with Crippen molar-refractivity contribution in [3.63, 3.8) is 0 Å². The van der Waals surface area contributed by atoms with Gasteiger partial charge in [0.1, 0.15) is 6.10 Å². The maximum atomic E-state index is 13.4. The molecule has 2 aliphatic heterocycles. The molecule has 2 aromatic rings. The molecule has 192 valence electrons. The Morgan fingerprint density at radius 2 is 1.89 bits per heavy atom. The molecule has 0 radical (unpaired) electrons. The first-order chi connectivity index (χ1) is 17.5. The number of nitrogens with zero attached hydrogens (tertiary/aromatic N) is 5. The number of ether oxygens (including phenoxy) is 1.